The molecule has 1 aliphatic heterocycles. The van der Waals surface area contributed by atoms with Gasteiger partial charge in [0, 0.05) is 19.4 Å². The average molecular weight is 369 g/mol. The highest BCUT2D eigenvalue weighted by Gasteiger charge is 2.33. The van der Waals surface area contributed by atoms with Crippen molar-refractivity contribution in [1.82, 2.24) is 4.90 Å². The predicted molar refractivity (Wildman–Crippen MR) is 99.9 cm³/mol. The molecular formula is C21H23NO5. The third-order valence-electron chi connectivity index (χ3n) is 4.66. The molecule has 6 heteroatoms. The van der Waals surface area contributed by atoms with Gasteiger partial charge in [0.1, 0.15) is 12.4 Å². The highest BCUT2D eigenvalue weighted by molar-refractivity contribution is 5.82. The van der Waals surface area contributed by atoms with Gasteiger partial charge in [-0.1, -0.05) is 36.4 Å². The summed E-state index contributed by atoms with van der Waals surface area (Å²) in [6.07, 6.45) is 0.172. The molecular weight excluding hydrogens is 346 g/mol. The van der Waals surface area contributed by atoms with E-state index in [9.17, 15) is 9.59 Å². The van der Waals surface area contributed by atoms with E-state index in [-0.39, 0.29) is 24.9 Å². The van der Waals surface area contributed by atoms with Gasteiger partial charge in [0.2, 0.25) is 0 Å². The Hall–Kier alpha value is -3.02. The average Bonchev–Trinajstić information content (AvgIpc) is 2.72. The fraction of sp³-hybridized carbons (Fsp3) is 0.333. The molecule has 0 aromatic heterocycles. The van der Waals surface area contributed by atoms with Crippen LogP contribution in [0.25, 0.3) is 0 Å². The summed E-state index contributed by atoms with van der Waals surface area (Å²) in [4.78, 5) is 26.3. The third kappa shape index (κ3) is 4.39. The molecule has 0 spiro atoms. The molecule has 1 atom stereocenters. The first-order chi connectivity index (χ1) is 13.1. The minimum Gasteiger partial charge on any atom is -0.493 e. The number of piperidine rings is 1. The summed E-state index contributed by atoms with van der Waals surface area (Å²) < 4.78 is 16.1. The quantitative estimate of drug-likeness (QED) is 0.803. The Balaban J connectivity index is 1.78. The second-order valence-electron chi connectivity index (χ2n) is 6.36. The number of ether oxygens (including phenoxy) is 3. The van der Waals surface area contributed by atoms with Crippen molar-refractivity contribution in [3.8, 4) is 11.5 Å². The van der Waals surface area contributed by atoms with Crippen molar-refractivity contribution in [3.63, 3.8) is 0 Å². The molecule has 0 aliphatic carbocycles. The molecule has 1 aliphatic rings. The van der Waals surface area contributed by atoms with Crippen LogP contribution in [0.15, 0.2) is 48.5 Å². The maximum atomic E-state index is 12.7. The van der Waals surface area contributed by atoms with Gasteiger partial charge in [-0.15, -0.1) is 0 Å². The van der Waals surface area contributed by atoms with Crippen molar-refractivity contribution in [2.45, 2.75) is 25.5 Å². The van der Waals surface area contributed by atoms with Crippen molar-refractivity contribution in [3.05, 3.63) is 59.7 Å². The van der Waals surface area contributed by atoms with Gasteiger partial charge in [-0.05, 0) is 23.3 Å². The first-order valence-corrected chi connectivity index (χ1v) is 8.83. The number of amides is 1. The van der Waals surface area contributed by atoms with Crippen LogP contribution in [-0.2, 0) is 16.1 Å². The number of ketones is 1. The van der Waals surface area contributed by atoms with Crippen LogP contribution < -0.4 is 9.47 Å². The summed E-state index contributed by atoms with van der Waals surface area (Å²) >= 11 is 0. The molecule has 1 saturated heterocycles. The molecule has 3 rings (SSSR count). The van der Waals surface area contributed by atoms with Crippen molar-refractivity contribution < 1.29 is 23.8 Å². The van der Waals surface area contributed by atoms with Crippen LogP contribution in [-0.4, -0.2) is 37.5 Å². The maximum absolute atomic E-state index is 12.7. The standard InChI is InChI=1S/C21H23NO5/c1-25-19-9-8-16(12-20(19)26-2)18-13-17(23)10-11-22(18)21(24)27-14-15-6-4-3-5-7-15/h3-9,12,18H,10-11,13-14H2,1-2H3/t18-/m1/s1. The van der Waals surface area contributed by atoms with Gasteiger partial charge in [-0.25, -0.2) is 4.79 Å². The zero-order chi connectivity index (χ0) is 19.2. The number of carbonyl (C=O) groups excluding carboxylic acids is 2. The van der Waals surface area contributed by atoms with E-state index in [0.717, 1.165) is 11.1 Å². The van der Waals surface area contributed by atoms with E-state index in [1.807, 2.05) is 36.4 Å². The van der Waals surface area contributed by atoms with E-state index >= 15 is 0 Å². The molecule has 0 bridgehead atoms. The lowest BCUT2D eigenvalue weighted by Crippen LogP contribution is -2.41. The lowest BCUT2D eigenvalue weighted by atomic mass is 9.94. The topological polar surface area (TPSA) is 65.1 Å². The zero-order valence-corrected chi connectivity index (χ0v) is 15.5. The van der Waals surface area contributed by atoms with Crippen molar-refractivity contribution in [1.29, 1.82) is 0 Å². The number of Topliss-reactive ketones (excluding diaryl/α,β-unsaturated/α-hetero) is 1. The van der Waals surface area contributed by atoms with E-state index in [2.05, 4.69) is 0 Å². The van der Waals surface area contributed by atoms with Crippen molar-refractivity contribution in [2.75, 3.05) is 20.8 Å². The van der Waals surface area contributed by atoms with Crippen LogP contribution in [0.5, 0.6) is 11.5 Å². The summed E-state index contributed by atoms with van der Waals surface area (Å²) in [5, 5.41) is 0. The highest BCUT2D eigenvalue weighted by Crippen LogP contribution is 2.35. The number of hydrogen-bond donors (Lipinski definition) is 0. The summed E-state index contributed by atoms with van der Waals surface area (Å²) in [6, 6.07) is 14.6. The summed E-state index contributed by atoms with van der Waals surface area (Å²) in [5.41, 5.74) is 1.74. The van der Waals surface area contributed by atoms with Gasteiger partial charge in [0.05, 0.1) is 20.3 Å². The zero-order valence-electron chi connectivity index (χ0n) is 15.5. The molecule has 1 fully saturated rings. The summed E-state index contributed by atoms with van der Waals surface area (Å²) in [5.74, 6) is 1.29. The van der Waals surface area contributed by atoms with E-state index in [1.54, 1.807) is 31.3 Å². The van der Waals surface area contributed by atoms with Crippen LogP contribution in [0.4, 0.5) is 4.79 Å². The maximum Gasteiger partial charge on any atom is 0.410 e. The molecule has 0 unspecified atom stereocenters. The number of benzene rings is 2. The second-order valence-corrected chi connectivity index (χ2v) is 6.36. The number of hydrogen-bond acceptors (Lipinski definition) is 5. The van der Waals surface area contributed by atoms with Gasteiger partial charge >= 0.3 is 6.09 Å². The molecule has 27 heavy (non-hydrogen) atoms. The number of likely N-dealkylation sites (tertiary alicyclic amines) is 1. The molecule has 1 heterocycles. The normalized spacial score (nSPS) is 16.7. The Kier molecular flexibility index (Phi) is 5.96. The fourth-order valence-electron chi connectivity index (χ4n) is 3.21. The highest BCUT2D eigenvalue weighted by atomic mass is 16.6. The van der Waals surface area contributed by atoms with Crippen LogP contribution in [0.1, 0.15) is 30.0 Å². The van der Waals surface area contributed by atoms with Gasteiger partial charge in [0.15, 0.2) is 11.5 Å². The number of rotatable bonds is 5. The van der Waals surface area contributed by atoms with E-state index in [0.29, 0.717) is 24.5 Å². The Bertz CT molecular complexity index is 805. The van der Waals surface area contributed by atoms with E-state index in [1.165, 1.54) is 0 Å². The minimum atomic E-state index is -0.425. The molecule has 142 valence electrons. The summed E-state index contributed by atoms with van der Waals surface area (Å²) in [6.45, 7) is 0.536. The van der Waals surface area contributed by atoms with E-state index < -0.39 is 6.09 Å². The van der Waals surface area contributed by atoms with E-state index in [4.69, 9.17) is 14.2 Å². The van der Waals surface area contributed by atoms with Crippen LogP contribution >= 0.6 is 0 Å². The minimum absolute atomic E-state index is 0.127. The Morgan fingerprint density at radius 1 is 1.07 bits per heavy atom. The number of methoxy groups -OCH3 is 2. The largest absolute Gasteiger partial charge is 0.493 e. The molecule has 2 aromatic rings. The molecule has 1 amide bonds. The second kappa shape index (κ2) is 8.58. The molecule has 6 nitrogen and oxygen atoms in total. The number of nitrogens with zero attached hydrogens (tertiary/aromatic N) is 1. The smallest absolute Gasteiger partial charge is 0.410 e. The van der Waals surface area contributed by atoms with Gasteiger partial charge in [-0.3, -0.25) is 4.79 Å². The fourth-order valence-corrected chi connectivity index (χ4v) is 3.21. The van der Waals surface area contributed by atoms with Gasteiger partial charge in [0.25, 0.3) is 0 Å². The SMILES string of the molecule is COc1ccc([C@H]2CC(=O)CCN2C(=O)OCc2ccccc2)cc1OC. The predicted octanol–water partition coefficient (Wildman–Crippen LogP) is 3.75. The lowest BCUT2D eigenvalue weighted by molar-refractivity contribution is -0.122. The van der Waals surface area contributed by atoms with Crippen LogP contribution in [0.2, 0.25) is 0 Å². The molecule has 2 aromatic carbocycles. The Morgan fingerprint density at radius 3 is 2.52 bits per heavy atom. The van der Waals surface area contributed by atoms with Crippen molar-refractivity contribution >= 4 is 11.9 Å². The van der Waals surface area contributed by atoms with Crippen LogP contribution in [0, 0.1) is 0 Å². The monoisotopic (exact) mass is 369 g/mol. The molecule has 0 N–H and O–H groups in total. The number of carbonyl (C=O) groups is 2. The Morgan fingerprint density at radius 2 is 1.81 bits per heavy atom. The molecule has 0 saturated carbocycles. The first-order valence-electron chi connectivity index (χ1n) is 8.83. The van der Waals surface area contributed by atoms with Crippen molar-refractivity contribution in [2.24, 2.45) is 0 Å². The lowest BCUT2D eigenvalue weighted by Gasteiger charge is -2.34. The summed E-state index contributed by atoms with van der Waals surface area (Å²) in [7, 11) is 3.12. The van der Waals surface area contributed by atoms with Gasteiger partial charge < -0.3 is 19.1 Å². The first kappa shape index (κ1) is 18.8. The third-order valence-corrected chi connectivity index (χ3v) is 4.66. The molecule has 0 radical (unpaired) electrons. The van der Waals surface area contributed by atoms with Gasteiger partial charge in [-0.2, -0.15) is 0 Å². The Labute approximate surface area is 158 Å². The van der Waals surface area contributed by atoms with Crippen LogP contribution in [0.3, 0.4) is 0 Å².